The lowest BCUT2D eigenvalue weighted by Crippen LogP contribution is -2.26. The summed E-state index contributed by atoms with van der Waals surface area (Å²) >= 11 is 0. The van der Waals surface area contributed by atoms with Gasteiger partial charge in [0.25, 0.3) is 5.91 Å². The summed E-state index contributed by atoms with van der Waals surface area (Å²) in [5, 5.41) is 6.48. The Balaban J connectivity index is 1.85. The lowest BCUT2D eigenvalue weighted by atomic mass is 10.2. The van der Waals surface area contributed by atoms with E-state index in [-0.39, 0.29) is 11.5 Å². The summed E-state index contributed by atoms with van der Waals surface area (Å²) in [5.74, 6) is 0.497. The van der Waals surface area contributed by atoms with Gasteiger partial charge in [-0.05, 0) is 13.0 Å². The average Bonchev–Trinajstić information content (AvgIpc) is 2.76. The van der Waals surface area contributed by atoms with Gasteiger partial charge in [0, 0.05) is 31.3 Å². The van der Waals surface area contributed by atoms with Gasteiger partial charge in [-0.1, -0.05) is 5.16 Å². The molecule has 0 aliphatic heterocycles. The van der Waals surface area contributed by atoms with E-state index < -0.39 is 0 Å². The number of carbonyl (C=O) groups excluding carboxylic acids is 1. The maximum absolute atomic E-state index is 11.7. The van der Waals surface area contributed by atoms with Crippen LogP contribution in [-0.4, -0.2) is 22.6 Å². The fourth-order valence-corrected chi connectivity index (χ4v) is 1.49. The summed E-state index contributed by atoms with van der Waals surface area (Å²) in [5.41, 5.74) is 1.00. The Kier molecular flexibility index (Phi) is 3.57. The van der Waals surface area contributed by atoms with Crippen LogP contribution in [0, 0.1) is 6.92 Å². The lowest BCUT2D eigenvalue weighted by Gasteiger charge is -2.02. The first-order valence-corrected chi connectivity index (χ1v) is 5.54. The molecule has 0 aliphatic rings. The van der Waals surface area contributed by atoms with E-state index in [1.54, 1.807) is 0 Å². The van der Waals surface area contributed by atoms with E-state index >= 15 is 0 Å². The van der Waals surface area contributed by atoms with Crippen molar-refractivity contribution in [1.82, 2.24) is 15.5 Å². The normalized spacial score (nSPS) is 10.3. The SMILES string of the molecule is Cc1cc(CCNC(=O)c2ccc(=O)[nH]c2)on1. The van der Waals surface area contributed by atoms with Crippen molar-refractivity contribution in [2.45, 2.75) is 13.3 Å². The summed E-state index contributed by atoms with van der Waals surface area (Å²) in [6, 6.07) is 4.62. The minimum absolute atomic E-state index is 0.233. The van der Waals surface area contributed by atoms with Crippen molar-refractivity contribution < 1.29 is 9.32 Å². The number of hydrogen-bond donors (Lipinski definition) is 2. The highest BCUT2D eigenvalue weighted by molar-refractivity contribution is 5.93. The molecule has 0 saturated heterocycles. The van der Waals surface area contributed by atoms with Crippen LogP contribution in [0.2, 0.25) is 0 Å². The van der Waals surface area contributed by atoms with Crippen LogP contribution in [0.4, 0.5) is 0 Å². The van der Waals surface area contributed by atoms with Crippen molar-refractivity contribution in [3.8, 4) is 0 Å². The third kappa shape index (κ3) is 3.07. The maximum atomic E-state index is 11.7. The zero-order chi connectivity index (χ0) is 13.0. The van der Waals surface area contributed by atoms with Gasteiger partial charge in [-0.3, -0.25) is 9.59 Å². The molecule has 2 heterocycles. The smallest absolute Gasteiger partial charge is 0.252 e. The molecule has 2 aromatic rings. The van der Waals surface area contributed by atoms with E-state index in [2.05, 4.69) is 15.5 Å². The number of rotatable bonds is 4. The third-order valence-electron chi connectivity index (χ3n) is 2.38. The molecular weight excluding hydrogens is 234 g/mol. The summed E-state index contributed by atoms with van der Waals surface area (Å²) in [4.78, 5) is 25.0. The van der Waals surface area contributed by atoms with Gasteiger partial charge in [0.15, 0.2) is 0 Å². The molecule has 0 aromatic carbocycles. The third-order valence-corrected chi connectivity index (χ3v) is 2.38. The largest absolute Gasteiger partial charge is 0.361 e. The van der Waals surface area contributed by atoms with Gasteiger partial charge in [0.05, 0.1) is 11.3 Å². The second-order valence-electron chi connectivity index (χ2n) is 3.88. The number of aryl methyl sites for hydroxylation is 1. The Bertz CT molecular complexity index is 580. The molecule has 6 nitrogen and oxygen atoms in total. The molecule has 2 N–H and O–H groups in total. The summed E-state index contributed by atoms with van der Waals surface area (Å²) in [6.07, 6.45) is 1.96. The highest BCUT2D eigenvalue weighted by Crippen LogP contribution is 2.02. The lowest BCUT2D eigenvalue weighted by molar-refractivity contribution is 0.0953. The Morgan fingerprint density at radius 2 is 2.33 bits per heavy atom. The number of nitrogens with one attached hydrogen (secondary N) is 2. The van der Waals surface area contributed by atoms with E-state index in [0.29, 0.717) is 18.5 Å². The molecule has 0 atom stereocenters. The molecule has 0 radical (unpaired) electrons. The monoisotopic (exact) mass is 247 g/mol. The molecule has 18 heavy (non-hydrogen) atoms. The second-order valence-corrected chi connectivity index (χ2v) is 3.88. The molecule has 2 rings (SSSR count). The van der Waals surface area contributed by atoms with E-state index in [9.17, 15) is 9.59 Å². The number of aromatic amines is 1. The van der Waals surface area contributed by atoms with Gasteiger partial charge in [-0.25, -0.2) is 0 Å². The van der Waals surface area contributed by atoms with Crippen LogP contribution in [0.25, 0.3) is 0 Å². The second kappa shape index (κ2) is 5.31. The summed E-state index contributed by atoms with van der Waals surface area (Å²) in [6.45, 7) is 2.29. The van der Waals surface area contributed by atoms with E-state index in [0.717, 1.165) is 11.5 Å². The zero-order valence-corrected chi connectivity index (χ0v) is 9.90. The van der Waals surface area contributed by atoms with Gasteiger partial charge in [0.2, 0.25) is 5.56 Å². The van der Waals surface area contributed by atoms with Crippen LogP contribution in [0.15, 0.2) is 33.7 Å². The Morgan fingerprint density at radius 1 is 1.50 bits per heavy atom. The predicted molar refractivity (Wildman–Crippen MR) is 64.3 cm³/mol. The van der Waals surface area contributed by atoms with Gasteiger partial charge in [-0.2, -0.15) is 0 Å². The fourth-order valence-electron chi connectivity index (χ4n) is 1.49. The number of amides is 1. The van der Waals surface area contributed by atoms with Crippen molar-refractivity contribution in [2.75, 3.05) is 6.54 Å². The fraction of sp³-hybridized carbons (Fsp3) is 0.250. The van der Waals surface area contributed by atoms with Crippen molar-refractivity contribution in [2.24, 2.45) is 0 Å². The van der Waals surface area contributed by atoms with E-state index in [4.69, 9.17) is 4.52 Å². The van der Waals surface area contributed by atoms with Crippen LogP contribution in [-0.2, 0) is 6.42 Å². The highest BCUT2D eigenvalue weighted by Gasteiger charge is 2.06. The van der Waals surface area contributed by atoms with Crippen LogP contribution in [0.5, 0.6) is 0 Å². The highest BCUT2D eigenvalue weighted by atomic mass is 16.5. The molecule has 0 fully saturated rings. The number of aromatic nitrogens is 2. The molecule has 0 unspecified atom stereocenters. The quantitative estimate of drug-likeness (QED) is 0.830. The minimum Gasteiger partial charge on any atom is -0.361 e. The van der Waals surface area contributed by atoms with Crippen LogP contribution in [0.3, 0.4) is 0 Å². The Labute approximate surface area is 103 Å². The molecule has 94 valence electrons. The average molecular weight is 247 g/mol. The zero-order valence-electron chi connectivity index (χ0n) is 9.90. The number of hydrogen-bond acceptors (Lipinski definition) is 4. The van der Waals surface area contributed by atoms with Gasteiger partial charge in [-0.15, -0.1) is 0 Å². The number of nitrogens with zero attached hydrogens (tertiary/aromatic N) is 1. The van der Waals surface area contributed by atoms with E-state index in [1.807, 2.05) is 13.0 Å². The molecule has 0 saturated carbocycles. The first kappa shape index (κ1) is 12.1. The standard InChI is InChI=1S/C12H13N3O3/c1-8-6-10(18-15-8)4-5-13-12(17)9-2-3-11(16)14-7-9/h2-3,6-7H,4-5H2,1H3,(H,13,17)(H,14,16). The Morgan fingerprint density at radius 3 is 2.94 bits per heavy atom. The maximum Gasteiger partial charge on any atom is 0.252 e. The van der Waals surface area contributed by atoms with Gasteiger partial charge in [0.1, 0.15) is 5.76 Å². The molecule has 0 bridgehead atoms. The van der Waals surface area contributed by atoms with Crippen molar-refractivity contribution >= 4 is 5.91 Å². The summed E-state index contributed by atoms with van der Waals surface area (Å²) in [7, 11) is 0. The van der Waals surface area contributed by atoms with E-state index in [1.165, 1.54) is 18.3 Å². The molecule has 0 spiro atoms. The van der Waals surface area contributed by atoms with Gasteiger partial charge < -0.3 is 14.8 Å². The van der Waals surface area contributed by atoms with Crippen LogP contribution in [0.1, 0.15) is 21.8 Å². The van der Waals surface area contributed by atoms with Crippen molar-refractivity contribution in [1.29, 1.82) is 0 Å². The van der Waals surface area contributed by atoms with Crippen molar-refractivity contribution in [3.05, 3.63) is 51.8 Å². The predicted octanol–water partition coefficient (Wildman–Crippen LogP) is 0.644. The first-order valence-electron chi connectivity index (χ1n) is 5.54. The molecule has 2 aromatic heterocycles. The molecule has 1 amide bonds. The first-order chi connectivity index (χ1) is 8.65. The van der Waals surface area contributed by atoms with Crippen LogP contribution >= 0.6 is 0 Å². The molecule has 0 aliphatic carbocycles. The van der Waals surface area contributed by atoms with Crippen molar-refractivity contribution in [3.63, 3.8) is 0 Å². The number of pyridine rings is 1. The number of carbonyl (C=O) groups is 1. The topological polar surface area (TPSA) is 88.0 Å². The number of H-pyrrole nitrogens is 1. The summed E-state index contributed by atoms with van der Waals surface area (Å²) < 4.78 is 5.02. The van der Waals surface area contributed by atoms with Gasteiger partial charge >= 0.3 is 0 Å². The molecular formula is C12H13N3O3. The minimum atomic E-state index is -0.234. The Hall–Kier alpha value is -2.37. The molecule has 6 heteroatoms. The van der Waals surface area contributed by atoms with Crippen LogP contribution < -0.4 is 10.9 Å².